The van der Waals surface area contributed by atoms with E-state index >= 15 is 0 Å². The van der Waals surface area contributed by atoms with Crippen LogP contribution in [-0.4, -0.2) is 41.3 Å². The molecule has 3 saturated heterocycles. The number of nitrogens with one attached hydrogen (secondary N) is 1. The van der Waals surface area contributed by atoms with E-state index in [1.54, 1.807) is 0 Å². The molecule has 0 radical (unpaired) electrons. The zero-order valence-corrected chi connectivity index (χ0v) is 12.1. The summed E-state index contributed by atoms with van der Waals surface area (Å²) in [5, 5.41) is 3.58. The normalized spacial score (nSPS) is 30.4. The predicted octanol–water partition coefficient (Wildman–Crippen LogP) is 1.79. The van der Waals surface area contributed by atoms with Crippen LogP contribution in [0.4, 0.5) is 0 Å². The molecule has 0 spiro atoms. The quantitative estimate of drug-likeness (QED) is 0.888. The van der Waals surface area contributed by atoms with Crippen molar-refractivity contribution in [1.29, 1.82) is 0 Å². The number of pyridine rings is 1. The predicted molar refractivity (Wildman–Crippen MR) is 78.4 cm³/mol. The number of hydrogen-bond donors (Lipinski definition) is 1. The Morgan fingerprint density at radius 1 is 1.35 bits per heavy atom. The number of Topliss-reactive ketones (excluding diaryl/α,β-unsaturated/α-hetero) is 1. The molecule has 1 aromatic heterocycles. The Kier molecular flexibility index (Phi) is 4.13. The number of rotatable bonds is 5. The molecule has 0 saturated carbocycles. The smallest absolute Gasteiger partial charge is 0.154 e. The van der Waals surface area contributed by atoms with Gasteiger partial charge in [-0.15, -0.1) is 0 Å². The van der Waals surface area contributed by atoms with Gasteiger partial charge in [0.1, 0.15) is 0 Å². The van der Waals surface area contributed by atoms with E-state index in [2.05, 4.69) is 34.3 Å². The van der Waals surface area contributed by atoms with Crippen LogP contribution in [0.25, 0.3) is 0 Å². The van der Waals surface area contributed by atoms with Crippen molar-refractivity contribution in [2.75, 3.05) is 19.6 Å². The fourth-order valence-corrected chi connectivity index (χ4v) is 3.52. The molecular formula is C16H23N3O. The van der Waals surface area contributed by atoms with E-state index in [1.807, 2.05) is 12.4 Å². The maximum Gasteiger partial charge on any atom is 0.154 e. The first-order valence-electron chi connectivity index (χ1n) is 7.70. The van der Waals surface area contributed by atoms with Crippen molar-refractivity contribution in [2.24, 2.45) is 5.92 Å². The lowest BCUT2D eigenvalue weighted by Crippen LogP contribution is -2.58. The van der Waals surface area contributed by atoms with Crippen molar-refractivity contribution in [2.45, 2.75) is 38.3 Å². The highest BCUT2D eigenvalue weighted by molar-refractivity contribution is 5.88. The van der Waals surface area contributed by atoms with Gasteiger partial charge in [-0.25, -0.2) is 0 Å². The SMILES string of the molecule is CCC(NCC1C(=O)C2CCN1CC2)c1ccncc1. The standard InChI is InChI=1S/C16H23N3O/c1-2-14(12-3-7-17-8-4-12)18-11-15-16(20)13-5-9-19(15)10-6-13/h3-4,7-8,13-15,18H,2,5-6,9-11H2,1H3. The van der Waals surface area contributed by atoms with Crippen molar-refractivity contribution in [1.82, 2.24) is 15.2 Å². The van der Waals surface area contributed by atoms with Crippen molar-refractivity contribution in [3.63, 3.8) is 0 Å². The fourth-order valence-electron chi connectivity index (χ4n) is 3.52. The van der Waals surface area contributed by atoms with Gasteiger partial charge in [-0.3, -0.25) is 14.7 Å². The molecule has 4 heteroatoms. The van der Waals surface area contributed by atoms with Crippen LogP contribution in [0.15, 0.2) is 24.5 Å². The summed E-state index contributed by atoms with van der Waals surface area (Å²) >= 11 is 0. The van der Waals surface area contributed by atoms with Gasteiger partial charge in [0.25, 0.3) is 0 Å². The second kappa shape index (κ2) is 6.02. The Morgan fingerprint density at radius 3 is 2.65 bits per heavy atom. The molecule has 1 aromatic rings. The molecule has 4 rings (SSSR count). The van der Waals surface area contributed by atoms with Crippen LogP contribution in [0, 0.1) is 5.92 Å². The molecule has 3 fully saturated rings. The Labute approximate surface area is 120 Å². The zero-order chi connectivity index (χ0) is 13.9. The maximum atomic E-state index is 12.3. The second-order valence-corrected chi connectivity index (χ2v) is 5.88. The summed E-state index contributed by atoms with van der Waals surface area (Å²) in [5.74, 6) is 0.785. The minimum atomic E-state index is 0.0957. The number of nitrogens with zero attached hydrogens (tertiary/aromatic N) is 2. The Hall–Kier alpha value is -1.26. The summed E-state index contributed by atoms with van der Waals surface area (Å²) in [5.41, 5.74) is 1.26. The minimum absolute atomic E-state index is 0.0957. The average molecular weight is 273 g/mol. The van der Waals surface area contributed by atoms with Gasteiger partial charge in [0.15, 0.2) is 5.78 Å². The van der Waals surface area contributed by atoms with Crippen molar-refractivity contribution in [3.05, 3.63) is 30.1 Å². The van der Waals surface area contributed by atoms with Gasteiger partial charge < -0.3 is 5.32 Å². The van der Waals surface area contributed by atoms with E-state index in [1.165, 1.54) is 5.56 Å². The summed E-state index contributed by atoms with van der Waals surface area (Å²) in [6.45, 7) is 5.13. The monoisotopic (exact) mass is 273 g/mol. The third-order valence-corrected chi connectivity index (χ3v) is 4.78. The molecule has 20 heavy (non-hydrogen) atoms. The minimum Gasteiger partial charge on any atom is -0.308 e. The summed E-state index contributed by atoms with van der Waals surface area (Å²) in [6.07, 6.45) is 6.82. The number of hydrogen-bond acceptors (Lipinski definition) is 4. The highest BCUT2D eigenvalue weighted by Crippen LogP contribution is 2.29. The summed E-state index contributed by atoms with van der Waals surface area (Å²) in [6, 6.07) is 4.51. The van der Waals surface area contributed by atoms with Gasteiger partial charge in [-0.05, 0) is 50.0 Å². The van der Waals surface area contributed by atoms with Gasteiger partial charge in [0.2, 0.25) is 0 Å². The molecule has 2 bridgehead atoms. The molecule has 3 aliphatic rings. The lowest BCUT2D eigenvalue weighted by Gasteiger charge is -2.44. The van der Waals surface area contributed by atoms with Gasteiger partial charge in [0, 0.05) is 30.9 Å². The molecule has 0 aliphatic carbocycles. The first-order chi connectivity index (χ1) is 9.79. The topological polar surface area (TPSA) is 45.2 Å². The molecule has 2 unspecified atom stereocenters. The Bertz CT molecular complexity index is 454. The Morgan fingerprint density at radius 2 is 2.05 bits per heavy atom. The molecular weight excluding hydrogens is 250 g/mol. The number of carbonyl (C=O) groups is 1. The highest BCUT2D eigenvalue weighted by Gasteiger charge is 2.40. The van der Waals surface area contributed by atoms with Crippen molar-refractivity contribution >= 4 is 5.78 Å². The van der Waals surface area contributed by atoms with E-state index in [-0.39, 0.29) is 6.04 Å². The summed E-state index contributed by atoms with van der Waals surface area (Å²) in [4.78, 5) is 18.8. The average Bonchev–Trinajstić information content (AvgIpc) is 2.52. The van der Waals surface area contributed by atoms with E-state index < -0.39 is 0 Å². The van der Waals surface area contributed by atoms with E-state index in [0.29, 0.717) is 17.7 Å². The molecule has 108 valence electrons. The molecule has 1 N–H and O–H groups in total. The van der Waals surface area contributed by atoms with Crippen LogP contribution in [0.3, 0.4) is 0 Å². The van der Waals surface area contributed by atoms with Crippen molar-refractivity contribution < 1.29 is 4.79 Å². The van der Waals surface area contributed by atoms with Crippen LogP contribution < -0.4 is 5.32 Å². The molecule has 4 nitrogen and oxygen atoms in total. The number of fused-ring (bicyclic) bond motifs is 3. The third-order valence-electron chi connectivity index (χ3n) is 4.78. The maximum absolute atomic E-state index is 12.3. The van der Waals surface area contributed by atoms with Gasteiger partial charge >= 0.3 is 0 Å². The van der Waals surface area contributed by atoms with E-state index in [9.17, 15) is 4.79 Å². The number of aromatic nitrogens is 1. The third kappa shape index (κ3) is 2.63. The molecule has 4 heterocycles. The van der Waals surface area contributed by atoms with Crippen LogP contribution in [0.2, 0.25) is 0 Å². The Balaban J connectivity index is 1.62. The van der Waals surface area contributed by atoms with Crippen LogP contribution in [0.5, 0.6) is 0 Å². The van der Waals surface area contributed by atoms with Crippen LogP contribution in [-0.2, 0) is 4.79 Å². The van der Waals surface area contributed by atoms with E-state index in [4.69, 9.17) is 0 Å². The van der Waals surface area contributed by atoms with Gasteiger partial charge in [-0.2, -0.15) is 0 Å². The highest BCUT2D eigenvalue weighted by atomic mass is 16.1. The number of piperidine rings is 3. The molecule has 0 amide bonds. The zero-order valence-electron chi connectivity index (χ0n) is 12.1. The summed E-state index contributed by atoms with van der Waals surface area (Å²) in [7, 11) is 0. The van der Waals surface area contributed by atoms with Gasteiger partial charge in [0.05, 0.1) is 6.04 Å². The summed E-state index contributed by atoms with van der Waals surface area (Å²) < 4.78 is 0. The number of carbonyl (C=O) groups excluding carboxylic acids is 1. The largest absolute Gasteiger partial charge is 0.308 e. The first kappa shape index (κ1) is 13.7. The lowest BCUT2D eigenvalue weighted by atomic mass is 9.82. The molecule has 0 aromatic carbocycles. The molecule has 2 atom stereocenters. The van der Waals surface area contributed by atoms with Crippen LogP contribution in [0.1, 0.15) is 37.8 Å². The van der Waals surface area contributed by atoms with Crippen LogP contribution >= 0.6 is 0 Å². The van der Waals surface area contributed by atoms with Crippen molar-refractivity contribution in [3.8, 4) is 0 Å². The second-order valence-electron chi connectivity index (χ2n) is 5.88. The first-order valence-corrected chi connectivity index (χ1v) is 7.70. The fraction of sp³-hybridized carbons (Fsp3) is 0.625. The van der Waals surface area contributed by atoms with Gasteiger partial charge in [-0.1, -0.05) is 6.92 Å². The lowest BCUT2D eigenvalue weighted by molar-refractivity contribution is -0.136. The van der Waals surface area contributed by atoms with E-state index in [0.717, 1.165) is 38.9 Å². The number of ketones is 1. The molecule has 3 aliphatic heterocycles.